The molecule has 0 aliphatic heterocycles. The topological polar surface area (TPSA) is 37.3 Å². The molecule has 0 bridgehead atoms. The largest absolute Gasteiger partial charge is 0.478 e. The lowest BCUT2D eigenvalue weighted by atomic mass is 10.1. The predicted molar refractivity (Wildman–Crippen MR) is 104 cm³/mol. The van der Waals surface area contributed by atoms with Crippen LogP contribution in [0.3, 0.4) is 0 Å². The van der Waals surface area contributed by atoms with Crippen LogP contribution in [0.25, 0.3) is 0 Å². The van der Waals surface area contributed by atoms with Crippen molar-refractivity contribution in [2.24, 2.45) is 0 Å². The molecule has 2 nitrogen and oxygen atoms in total. The molecule has 0 aliphatic carbocycles. The molecule has 2 heteroatoms. The molecule has 0 saturated heterocycles. The molecule has 0 atom stereocenters. The minimum atomic E-state index is -0.914. The van der Waals surface area contributed by atoms with Crippen LogP contribution in [-0.4, -0.2) is 11.1 Å². The van der Waals surface area contributed by atoms with Crippen molar-refractivity contribution in [3.05, 3.63) is 48.6 Å². The van der Waals surface area contributed by atoms with Gasteiger partial charge in [-0.1, -0.05) is 55.9 Å². The standard InChI is InChI=1S/C22H32O2/c1-2-3-4-5-6-7-8-9-10-11-12-13-14-15-16-17-18-19-20-21-22(23)24/h11-12,15-16,18-21H,2-3,6-10,13-14,17H2,1H3,(H,23,24). The van der Waals surface area contributed by atoms with Crippen molar-refractivity contribution in [1.82, 2.24) is 0 Å². The summed E-state index contributed by atoms with van der Waals surface area (Å²) >= 11 is 0. The molecule has 0 aliphatic rings. The molecule has 0 rings (SSSR count). The summed E-state index contributed by atoms with van der Waals surface area (Å²) in [5.74, 6) is 5.50. The van der Waals surface area contributed by atoms with E-state index in [0.717, 1.165) is 44.6 Å². The molecule has 0 unspecified atom stereocenters. The second-order valence-corrected chi connectivity index (χ2v) is 5.58. The summed E-state index contributed by atoms with van der Waals surface area (Å²) in [5.41, 5.74) is 0. The van der Waals surface area contributed by atoms with Crippen LogP contribution in [0.4, 0.5) is 0 Å². The Kier molecular flexibility index (Phi) is 17.4. The van der Waals surface area contributed by atoms with Gasteiger partial charge in [0.15, 0.2) is 0 Å². The van der Waals surface area contributed by atoms with Crippen molar-refractivity contribution < 1.29 is 9.90 Å². The first-order valence-electron chi connectivity index (χ1n) is 9.09. The minimum Gasteiger partial charge on any atom is -0.478 e. The lowest BCUT2D eigenvalue weighted by Gasteiger charge is -1.94. The van der Waals surface area contributed by atoms with Gasteiger partial charge in [-0.2, -0.15) is 0 Å². The van der Waals surface area contributed by atoms with Crippen molar-refractivity contribution in [2.75, 3.05) is 0 Å². The van der Waals surface area contributed by atoms with Crippen molar-refractivity contribution in [2.45, 2.75) is 71.1 Å². The van der Waals surface area contributed by atoms with Gasteiger partial charge in [0.25, 0.3) is 0 Å². The van der Waals surface area contributed by atoms with Gasteiger partial charge >= 0.3 is 5.97 Å². The normalized spacial score (nSPS) is 11.7. The number of rotatable bonds is 13. The molecule has 0 spiro atoms. The first kappa shape index (κ1) is 22.0. The third-order valence-corrected chi connectivity index (χ3v) is 3.26. The number of carboxylic acid groups (broad SMARTS) is 1. The number of allylic oxidation sites excluding steroid dienone is 7. The van der Waals surface area contributed by atoms with E-state index in [1.807, 2.05) is 6.08 Å². The van der Waals surface area contributed by atoms with E-state index >= 15 is 0 Å². The van der Waals surface area contributed by atoms with Crippen LogP contribution in [0.5, 0.6) is 0 Å². The molecule has 1 N–H and O–H groups in total. The average molecular weight is 328 g/mol. The Bertz CT molecular complexity index is 470. The van der Waals surface area contributed by atoms with Crippen LogP contribution in [-0.2, 0) is 4.79 Å². The predicted octanol–water partition coefficient (Wildman–Crippen LogP) is 6.22. The van der Waals surface area contributed by atoms with E-state index in [0.29, 0.717) is 0 Å². The highest BCUT2D eigenvalue weighted by atomic mass is 16.4. The van der Waals surface area contributed by atoms with Gasteiger partial charge in [-0.3, -0.25) is 0 Å². The number of aliphatic carboxylic acids is 1. The second kappa shape index (κ2) is 19.0. The molecule has 0 amide bonds. The molecular weight excluding hydrogens is 296 g/mol. The van der Waals surface area contributed by atoms with Crippen molar-refractivity contribution in [3.63, 3.8) is 0 Å². The third kappa shape index (κ3) is 20.0. The van der Waals surface area contributed by atoms with Gasteiger partial charge in [0.05, 0.1) is 0 Å². The van der Waals surface area contributed by atoms with E-state index in [9.17, 15) is 4.79 Å². The van der Waals surface area contributed by atoms with Crippen LogP contribution < -0.4 is 0 Å². The van der Waals surface area contributed by atoms with E-state index in [4.69, 9.17) is 5.11 Å². The lowest BCUT2D eigenvalue weighted by Crippen LogP contribution is -1.84. The Morgan fingerprint density at radius 3 is 2.29 bits per heavy atom. The summed E-state index contributed by atoms with van der Waals surface area (Å²) in [6.07, 6.45) is 26.4. The fraction of sp³-hybridized carbons (Fsp3) is 0.500. The van der Waals surface area contributed by atoms with E-state index < -0.39 is 5.97 Å². The number of hydrogen-bond acceptors (Lipinski definition) is 1. The Morgan fingerprint density at radius 2 is 1.54 bits per heavy atom. The van der Waals surface area contributed by atoms with Gasteiger partial charge in [-0.05, 0) is 44.9 Å². The molecular formula is C22H32O2. The maximum atomic E-state index is 10.2. The van der Waals surface area contributed by atoms with Gasteiger partial charge in [0, 0.05) is 18.9 Å². The summed E-state index contributed by atoms with van der Waals surface area (Å²) in [4.78, 5) is 10.2. The van der Waals surface area contributed by atoms with Crippen molar-refractivity contribution in [1.29, 1.82) is 0 Å². The van der Waals surface area contributed by atoms with E-state index in [1.54, 1.807) is 6.08 Å². The third-order valence-electron chi connectivity index (χ3n) is 3.26. The Morgan fingerprint density at radius 1 is 0.833 bits per heavy atom. The zero-order valence-corrected chi connectivity index (χ0v) is 15.0. The summed E-state index contributed by atoms with van der Waals surface area (Å²) in [7, 11) is 0. The number of carbonyl (C=O) groups is 1. The van der Waals surface area contributed by atoms with Crippen molar-refractivity contribution in [3.8, 4) is 11.8 Å². The summed E-state index contributed by atoms with van der Waals surface area (Å²) < 4.78 is 0. The molecule has 132 valence electrons. The fourth-order valence-electron chi connectivity index (χ4n) is 1.97. The molecule has 0 saturated carbocycles. The van der Waals surface area contributed by atoms with Gasteiger partial charge in [0.2, 0.25) is 0 Å². The molecule has 24 heavy (non-hydrogen) atoms. The second-order valence-electron chi connectivity index (χ2n) is 5.58. The first-order chi connectivity index (χ1) is 11.8. The maximum absolute atomic E-state index is 10.2. The maximum Gasteiger partial charge on any atom is 0.328 e. The highest BCUT2D eigenvalue weighted by Crippen LogP contribution is 2.04. The Balaban J connectivity index is 3.39. The lowest BCUT2D eigenvalue weighted by molar-refractivity contribution is -0.131. The van der Waals surface area contributed by atoms with Gasteiger partial charge in [-0.25, -0.2) is 4.79 Å². The fourth-order valence-corrected chi connectivity index (χ4v) is 1.97. The minimum absolute atomic E-state index is 0.842. The molecule has 0 aromatic rings. The number of hydrogen-bond donors (Lipinski definition) is 1. The van der Waals surface area contributed by atoms with Crippen LogP contribution in [0.2, 0.25) is 0 Å². The van der Waals surface area contributed by atoms with Crippen molar-refractivity contribution >= 4 is 5.97 Å². The average Bonchev–Trinajstić information content (AvgIpc) is 2.56. The zero-order valence-electron chi connectivity index (χ0n) is 15.0. The monoisotopic (exact) mass is 328 g/mol. The number of unbranched alkanes of at least 4 members (excludes halogenated alkanes) is 6. The molecule has 0 fully saturated rings. The molecule has 0 aromatic heterocycles. The van der Waals surface area contributed by atoms with Crippen LogP contribution in [0.1, 0.15) is 71.1 Å². The van der Waals surface area contributed by atoms with Crippen LogP contribution in [0, 0.1) is 11.8 Å². The Hall–Kier alpha value is -2.01. The summed E-state index contributed by atoms with van der Waals surface area (Å²) in [5, 5.41) is 8.41. The SMILES string of the molecule is CCCC#CCCCCCC=CCCC=CCC=CC=CC(=O)O. The number of carboxylic acids is 1. The highest BCUT2D eigenvalue weighted by Gasteiger charge is 1.86. The molecule has 0 aromatic carbocycles. The van der Waals surface area contributed by atoms with E-state index in [1.165, 1.54) is 31.8 Å². The Labute approximate surface area is 148 Å². The summed E-state index contributed by atoms with van der Waals surface area (Å²) in [6.45, 7) is 2.16. The van der Waals surface area contributed by atoms with E-state index in [2.05, 4.69) is 43.1 Å². The summed E-state index contributed by atoms with van der Waals surface area (Å²) in [6, 6.07) is 0. The van der Waals surface area contributed by atoms with Gasteiger partial charge in [-0.15, -0.1) is 11.8 Å². The molecule has 0 heterocycles. The first-order valence-corrected chi connectivity index (χ1v) is 9.09. The highest BCUT2D eigenvalue weighted by molar-refractivity contribution is 5.80. The van der Waals surface area contributed by atoms with Gasteiger partial charge < -0.3 is 5.11 Å². The van der Waals surface area contributed by atoms with Crippen LogP contribution in [0.15, 0.2) is 48.6 Å². The zero-order chi connectivity index (χ0) is 17.7. The van der Waals surface area contributed by atoms with Gasteiger partial charge in [0.1, 0.15) is 0 Å². The quantitative estimate of drug-likeness (QED) is 0.143. The van der Waals surface area contributed by atoms with E-state index in [-0.39, 0.29) is 0 Å². The molecule has 0 radical (unpaired) electrons. The smallest absolute Gasteiger partial charge is 0.328 e. The van der Waals surface area contributed by atoms with Crippen LogP contribution >= 0.6 is 0 Å².